The molecule has 1 heterocycles. The topological polar surface area (TPSA) is 66.3 Å². The molecule has 0 bridgehead atoms. The SMILES string of the molecule is Cc1nnc(N(C)CC2CC2C)c(C(=O)O)c1C. The van der Waals surface area contributed by atoms with Crippen LogP contribution in [0.5, 0.6) is 0 Å². The van der Waals surface area contributed by atoms with E-state index in [4.69, 9.17) is 0 Å². The normalized spacial score (nSPS) is 21.8. The third-order valence-electron chi connectivity index (χ3n) is 3.80. The first-order valence-electron chi connectivity index (χ1n) is 6.20. The largest absolute Gasteiger partial charge is 0.478 e. The monoisotopic (exact) mass is 249 g/mol. The van der Waals surface area contributed by atoms with Crippen molar-refractivity contribution in [2.45, 2.75) is 27.2 Å². The van der Waals surface area contributed by atoms with Crippen molar-refractivity contribution < 1.29 is 9.90 Å². The molecule has 1 N–H and O–H groups in total. The standard InChI is InChI=1S/C13H19N3O2/c1-7-5-10(7)6-16(4)12-11(13(17)18)8(2)9(3)14-15-12/h7,10H,5-6H2,1-4H3,(H,17,18). The molecule has 5 heteroatoms. The summed E-state index contributed by atoms with van der Waals surface area (Å²) >= 11 is 0. The van der Waals surface area contributed by atoms with Crippen LogP contribution in [0.25, 0.3) is 0 Å². The number of aryl methyl sites for hydroxylation is 1. The maximum atomic E-state index is 11.4. The molecule has 0 saturated heterocycles. The smallest absolute Gasteiger partial charge is 0.339 e. The molecule has 2 unspecified atom stereocenters. The molecule has 0 radical (unpaired) electrons. The molecular weight excluding hydrogens is 230 g/mol. The van der Waals surface area contributed by atoms with Crippen LogP contribution in [0.4, 0.5) is 5.82 Å². The highest BCUT2D eigenvalue weighted by molar-refractivity contribution is 5.95. The van der Waals surface area contributed by atoms with Gasteiger partial charge in [-0.15, -0.1) is 5.10 Å². The van der Waals surface area contributed by atoms with E-state index in [2.05, 4.69) is 17.1 Å². The van der Waals surface area contributed by atoms with Crippen LogP contribution in [0.15, 0.2) is 0 Å². The zero-order valence-electron chi connectivity index (χ0n) is 11.3. The van der Waals surface area contributed by atoms with E-state index in [1.54, 1.807) is 13.8 Å². The summed E-state index contributed by atoms with van der Waals surface area (Å²) in [4.78, 5) is 13.3. The summed E-state index contributed by atoms with van der Waals surface area (Å²) in [6.07, 6.45) is 1.21. The second-order valence-electron chi connectivity index (χ2n) is 5.27. The van der Waals surface area contributed by atoms with Crippen molar-refractivity contribution in [3.8, 4) is 0 Å². The molecule has 0 aliphatic heterocycles. The van der Waals surface area contributed by atoms with Gasteiger partial charge in [-0.3, -0.25) is 0 Å². The predicted octanol–water partition coefficient (Wildman–Crippen LogP) is 1.88. The molecule has 1 aromatic heterocycles. The molecule has 1 fully saturated rings. The van der Waals surface area contributed by atoms with Gasteiger partial charge in [0.25, 0.3) is 0 Å². The zero-order valence-corrected chi connectivity index (χ0v) is 11.3. The van der Waals surface area contributed by atoms with Crippen molar-refractivity contribution in [1.29, 1.82) is 0 Å². The first-order chi connectivity index (χ1) is 8.41. The summed E-state index contributed by atoms with van der Waals surface area (Å²) < 4.78 is 0. The van der Waals surface area contributed by atoms with E-state index < -0.39 is 5.97 Å². The minimum Gasteiger partial charge on any atom is -0.478 e. The molecule has 1 aromatic rings. The number of hydrogen-bond acceptors (Lipinski definition) is 4. The molecule has 98 valence electrons. The molecule has 18 heavy (non-hydrogen) atoms. The van der Waals surface area contributed by atoms with E-state index in [9.17, 15) is 9.90 Å². The fourth-order valence-corrected chi connectivity index (χ4v) is 2.21. The Balaban J connectivity index is 2.31. The summed E-state index contributed by atoms with van der Waals surface area (Å²) in [5, 5.41) is 17.4. The second-order valence-corrected chi connectivity index (χ2v) is 5.27. The van der Waals surface area contributed by atoms with Crippen LogP contribution in [0, 0.1) is 25.7 Å². The molecule has 1 saturated carbocycles. The van der Waals surface area contributed by atoms with Gasteiger partial charge in [-0.2, -0.15) is 5.10 Å². The van der Waals surface area contributed by atoms with E-state index >= 15 is 0 Å². The Hall–Kier alpha value is -1.65. The lowest BCUT2D eigenvalue weighted by atomic mass is 10.1. The van der Waals surface area contributed by atoms with Crippen LogP contribution in [0.3, 0.4) is 0 Å². The molecule has 0 amide bonds. The van der Waals surface area contributed by atoms with Crippen LogP contribution in [-0.2, 0) is 0 Å². The van der Waals surface area contributed by atoms with E-state index in [-0.39, 0.29) is 5.56 Å². The van der Waals surface area contributed by atoms with Gasteiger partial charge < -0.3 is 10.0 Å². The van der Waals surface area contributed by atoms with Crippen molar-refractivity contribution in [1.82, 2.24) is 10.2 Å². The number of carbonyl (C=O) groups is 1. The van der Waals surface area contributed by atoms with Crippen molar-refractivity contribution in [3.05, 3.63) is 16.8 Å². The Morgan fingerprint density at radius 2 is 2.06 bits per heavy atom. The summed E-state index contributed by atoms with van der Waals surface area (Å²) in [5.41, 5.74) is 1.64. The fraction of sp³-hybridized carbons (Fsp3) is 0.615. The minimum atomic E-state index is -0.934. The highest BCUT2D eigenvalue weighted by Gasteiger charge is 2.34. The molecule has 0 spiro atoms. The molecular formula is C13H19N3O2. The van der Waals surface area contributed by atoms with Gasteiger partial charge in [-0.25, -0.2) is 4.79 Å². The van der Waals surface area contributed by atoms with Crippen LogP contribution in [-0.4, -0.2) is 34.9 Å². The van der Waals surface area contributed by atoms with Gasteiger partial charge in [-0.05, 0) is 37.7 Å². The third kappa shape index (κ3) is 2.30. The van der Waals surface area contributed by atoms with Crippen molar-refractivity contribution >= 4 is 11.8 Å². The second kappa shape index (κ2) is 4.55. The Kier molecular flexibility index (Phi) is 3.24. The van der Waals surface area contributed by atoms with E-state index in [0.29, 0.717) is 23.0 Å². The van der Waals surface area contributed by atoms with Gasteiger partial charge in [0.15, 0.2) is 5.82 Å². The molecule has 1 aliphatic rings. The fourth-order valence-electron chi connectivity index (χ4n) is 2.21. The average molecular weight is 249 g/mol. The van der Waals surface area contributed by atoms with Gasteiger partial charge in [0.1, 0.15) is 5.56 Å². The van der Waals surface area contributed by atoms with Gasteiger partial charge in [0, 0.05) is 13.6 Å². The maximum absolute atomic E-state index is 11.4. The van der Waals surface area contributed by atoms with E-state index in [1.807, 2.05) is 11.9 Å². The van der Waals surface area contributed by atoms with E-state index in [1.165, 1.54) is 6.42 Å². The summed E-state index contributed by atoms with van der Waals surface area (Å²) in [5.74, 6) is 0.932. The van der Waals surface area contributed by atoms with Crippen LogP contribution in [0.1, 0.15) is 35.0 Å². The van der Waals surface area contributed by atoms with Crippen LogP contribution < -0.4 is 4.90 Å². The maximum Gasteiger partial charge on any atom is 0.339 e. The lowest BCUT2D eigenvalue weighted by Gasteiger charge is -2.20. The first-order valence-corrected chi connectivity index (χ1v) is 6.20. The van der Waals surface area contributed by atoms with E-state index in [0.717, 1.165) is 12.5 Å². The summed E-state index contributed by atoms with van der Waals surface area (Å²) in [7, 11) is 1.89. The number of aromatic carboxylic acids is 1. The van der Waals surface area contributed by atoms with Crippen molar-refractivity contribution in [2.24, 2.45) is 11.8 Å². The summed E-state index contributed by atoms with van der Waals surface area (Å²) in [6, 6.07) is 0. The number of carboxylic acid groups (broad SMARTS) is 1. The number of rotatable bonds is 4. The number of nitrogens with zero attached hydrogens (tertiary/aromatic N) is 3. The van der Waals surface area contributed by atoms with Crippen LogP contribution in [0.2, 0.25) is 0 Å². The van der Waals surface area contributed by atoms with Crippen LogP contribution >= 0.6 is 0 Å². The van der Waals surface area contributed by atoms with Crippen molar-refractivity contribution in [3.63, 3.8) is 0 Å². The molecule has 2 atom stereocenters. The Labute approximate surface area is 107 Å². The molecule has 5 nitrogen and oxygen atoms in total. The summed E-state index contributed by atoms with van der Waals surface area (Å²) in [6.45, 7) is 6.62. The number of aromatic nitrogens is 2. The number of anilines is 1. The van der Waals surface area contributed by atoms with Crippen molar-refractivity contribution in [2.75, 3.05) is 18.5 Å². The number of hydrogen-bond donors (Lipinski definition) is 1. The third-order valence-corrected chi connectivity index (χ3v) is 3.80. The zero-order chi connectivity index (χ0) is 13.4. The Morgan fingerprint density at radius 3 is 2.56 bits per heavy atom. The predicted molar refractivity (Wildman–Crippen MR) is 69.0 cm³/mol. The van der Waals surface area contributed by atoms with Gasteiger partial charge in [0.2, 0.25) is 0 Å². The van der Waals surface area contributed by atoms with Gasteiger partial charge in [0.05, 0.1) is 5.69 Å². The number of carboxylic acids is 1. The molecule has 1 aliphatic carbocycles. The molecule has 2 rings (SSSR count). The Morgan fingerprint density at radius 1 is 1.44 bits per heavy atom. The lowest BCUT2D eigenvalue weighted by Crippen LogP contribution is -2.25. The van der Waals surface area contributed by atoms with Gasteiger partial charge >= 0.3 is 5.97 Å². The first kappa shape index (κ1) is 12.8. The lowest BCUT2D eigenvalue weighted by molar-refractivity contribution is 0.0696. The van der Waals surface area contributed by atoms with Gasteiger partial charge in [-0.1, -0.05) is 6.92 Å². The average Bonchev–Trinajstić information content (AvgIpc) is 2.97. The minimum absolute atomic E-state index is 0.276. The highest BCUT2D eigenvalue weighted by atomic mass is 16.4. The quantitative estimate of drug-likeness (QED) is 0.882. The Bertz CT molecular complexity index is 487. The highest BCUT2D eigenvalue weighted by Crippen LogP contribution is 2.38. The molecule has 0 aromatic carbocycles.